The summed E-state index contributed by atoms with van der Waals surface area (Å²) < 4.78 is 28.6. The number of hydrogen-bond donors (Lipinski definition) is 2. The van der Waals surface area contributed by atoms with Gasteiger partial charge >= 0.3 is 11.4 Å². The van der Waals surface area contributed by atoms with Gasteiger partial charge in [0.1, 0.15) is 19.2 Å². The van der Waals surface area contributed by atoms with Crippen LogP contribution < -0.4 is 10.2 Å². The van der Waals surface area contributed by atoms with Gasteiger partial charge in [-0.25, -0.2) is 9.17 Å². The van der Waals surface area contributed by atoms with Crippen molar-refractivity contribution < 1.29 is 22.5 Å². The van der Waals surface area contributed by atoms with Gasteiger partial charge < -0.3 is 15.0 Å². The number of carbonyl (C=O) groups excluding carboxylic acids is 1. The molecule has 0 aliphatic rings. The number of nitrogens with one attached hydrogen (secondary N) is 1. The summed E-state index contributed by atoms with van der Waals surface area (Å²) in [7, 11) is 0. The first-order valence-electron chi connectivity index (χ1n) is 11.8. The zero-order valence-corrected chi connectivity index (χ0v) is 21.3. The van der Waals surface area contributed by atoms with E-state index in [1.54, 1.807) is 0 Å². The molecule has 0 saturated heterocycles. The van der Waals surface area contributed by atoms with Crippen molar-refractivity contribution in [1.82, 2.24) is 15.3 Å². The average molecular weight is 513 g/mol. The minimum Gasteiger partial charge on any atom is -0.372 e. The molecule has 3 rings (SSSR count). The first kappa shape index (κ1) is 27.4. The summed E-state index contributed by atoms with van der Waals surface area (Å²) in [5, 5.41) is 2.33. The maximum Gasteiger partial charge on any atom is 0.303 e. The Morgan fingerprint density at radius 1 is 1.03 bits per heavy atom. The molecule has 0 bridgehead atoms. The van der Waals surface area contributed by atoms with Gasteiger partial charge in [-0.05, 0) is 26.7 Å². The Bertz CT molecular complexity index is 1120. The summed E-state index contributed by atoms with van der Waals surface area (Å²) in [6, 6.07) is 20.3. The van der Waals surface area contributed by atoms with Crippen LogP contribution in [0.5, 0.6) is 0 Å². The number of rotatable bonds is 14. The molecule has 0 saturated carbocycles. The van der Waals surface area contributed by atoms with Crippen molar-refractivity contribution in [2.75, 3.05) is 31.4 Å². The maximum atomic E-state index is 11.6. The minimum atomic E-state index is -2.41. The van der Waals surface area contributed by atoms with E-state index in [-0.39, 0.29) is 19.4 Å². The normalized spacial score (nSPS) is 11.9. The quantitative estimate of drug-likeness (QED) is 0.189. The highest BCUT2D eigenvalue weighted by atomic mass is 32.2. The van der Waals surface area contributed by atoms with Gasteiger partial charge in [0.25, 0.3) is 0 Å². The van der Waals surface area contributed by atoms with Crippen molar-refractivity contribution in [3.8, 4) is 22.5 Å². The van der Waals surface area contributed by atoms with E-state index in [4.69, 9.17) is 19.3 Å². The monoisotopic (exact) mass is 512 g/mol. The van der Waals surface area contributed by atoms with E-state index in [0.29, 0.717) is 6.61 Å². The third-order valence-electron chi connectivity index (χ3n) is 5.37. The summed E-state index contributed by atoms with van der Waals surface area (Å²) in [5.41, 5.74) is 3.71. The summed E-state index contributed by atoms with van der Waals surface area (Å²) in [5.74, 6) is 0.400. The maximum absolute atomic E-state index is 11.6. The van der Waals surface area contributed by atoms with Gasteiger partial charge in [0.15, 0.2) is 0 Å². The lowest BCUT2D eigenvalue weighted by molar-refractivity contribution is -0.126. The summed E-state index contributed by atoms with van der Waals surface area (Å²) in [6.07, 6.45) is 3.43. The molecule has 1 aromatic heterocycles. The molecule has 192 valence electrons. The Morgan fingerprint density at radius 3 is 2.28 bits per heavy atom. The predicted molar refractivity (Wildman–Crippen MR) is 140 cm³/mol. The lowest BCUT2D eigenvalue weighted by atomic mass is 10.0. The number of nitrogens with zero attached hydrogens (tertiary/aromatic N) is 3. The van der Waals surface area contributed by atoms with E-state index >= 15 is 0 Å². The largest absolute Gasteiger partial charge is 0.372 e. The fourth-order valence-electron chi connectivity index (χ4n) is 3.62. The second-order valence-electron chi connectivity index (χ2n) is 8.28. The molecule has 10 heteroatoms. The SMILES string of the molecule is CC(C)N(CCCCOCC(=O)NCOS(=O)O)c1cnc(-c2ccccc2)c(-c2ccccc2)n1. The molecule has 0 aliphatic heterocycles. The van der Waals surface area contributed by atoms with E-state index in [9.17, 15) is 9.00 Å². The molecule has 1 amide bonds. The Labute approximate surface area is 214 Å². The van der Waals surface area contributed by atoms with Gasteiger partial charge in [-0.3, -0.25) is 14.3 Å². The van der Waals surface area contributed by atoms with Crippen LogP contribution in [0.1, 0.15) is 26.7 Å². The smallest absolute Gasteiger partial charge is 0.303 e. The summed E-state index contributed by atoms with van der Waals surface area (Å²) >= 11 is -2.41. The third-order valence-corrected chi connectivity index (χ3v) is 5.69. The number of benzene rings is 2. The number of unbranched alkanes of at least 4 members (excludes halogenated alkanes) is 1. The fraction of sp³-hybridized carbons (Fsp3) is 0.346. The first-order chi connectivity index (χ1) is 17.5. The molecule has 2 aromatic carbocycles. The van der Waals surface area contributed by atoms with Gasteiger partial charge in [0.05, 0.1) is 17.6 Å². The van der Waals surface area contributed by atoms with Crippen LogP contribution >= 0.6 is 0 Å². The van der Waals surface area contributed by atoms with E-state index < -0.39 is 17.3 Å². The van der Waals surface area contributed by atoms with Gasteiger partial charge in [-0.1, -0.05) is 60.7 Å². The molecule has 0 aliphatic carbocycles. The van der Waals surface area contributed by atoms with Crippen molar-refractivity contribution >= 4 is 23.1 Å². The van der Waals surface area contributed by atoms with Crippen LogP contribution in [-0.2, 0) is 25.1 Å². The highest BCUT2D eigenvalue weighted by molar-refractivity contribution is 7.74. The van der Waals surface area contributed by atoms with Crippen molar-refractivity contribution in [2.45, 2.75) is 32.7 Å². The number of hydrogen-bond acceptors (Lipinski definition) is 7. The van der Waals surface area contributed by atoms with E-state index in [2.05, 4.69) is 28.2 Å². The van der Waals surface area contributed by atoms with Crippen molar-refractivity contribution in [2.24, 2.45) is 0 Å². The molecule has 0 radical (unpaired) electrons. The van der Waals surface area contributed by atoms with Gasteiger partial charge in [-0.2, -0.15) is 4.21 Å². The van der Waals surface area contributed by atoms with Crippen LogP contribution in [0.15, 0.2) is 66.9 Å². The highest BCUT2D eigenvalue weighted by Gasteiger charge is 2.17. The van der Waals surface area contributed by atoms with Crippen LogP contribution in [0.25, 0.3) is 22.5 Å². The predicted octanol–water partition coefficient (Wildman–Crippen LogP) is 4.05. The molecule has 1 unspecified atom stereocenters. The van der Waals surface area contributed by atoms with Crippen molar-refractivity contribution in [3.63, 3.8) is 0 Å². The van der Waals surface area contributed by atoms with E-state index in [1.807, 2.05) is 66.9 Å². The number of aromatic nitrogens is 2. The number of carbonyl (C=O) groups is 1. The summed E-state index contributed by atoms with van der Waals surface area (Å²) in [6.45, 7) is 4.94. The zero-order valence-electron chi connectivity index (χ0n) is 20.5. The molecule has 9 nitrogen and oxygen atoms in total. The number of amides is 1. The molecule has 1 atom stereocenters. The number of anilines is 1. The van der Waals surface area contributed by atoms with Gasteiger partial charge in [-0.15, -0.1) is 0 Å². The van der Waals surface area contributed by atoms with Gasteiger partial charge in [0.2, 0.25) is 5.91 Å². The molecule has 3 aromatic rings. The van der Waals surface area contributed by atoms with Crippen LogP contribution in [-0.4, -0.2) is 57.2 Å². The lowest BCUT2D eigenvalue weighted by Crippen LogP contribution is -2.33. The van der Waals surface area contributed by atoms with Crippen LogP contribution in [0.4, 0.5) is 5.82 Å². The van der Waals surface area contributed by atoms with Crippen molar-refractivity contribution in [3.05, 3.63) is 66.9 Å². The standard InChI is InChI=1S/C26H32N4O5S/c1-20(2)30(15-9-10-16-34-18-24(31)28-19-35-36(32)33)23-17-27-25(21-11-5-3-6-12-21)26(29-23)22-13-7-4-8-14-22/h3-8,11-14,17,20H,9-10,15-16,18-19H2,1-2H3,(H,28,31)(H,32,33). The molecule has 36 heavy (non-hydrogen) atoms. The number of ether oxygens (including phenoxy) is 1. The zero-order chi connectivity index (χ0) is 25.8. The summed E-state index contributed by atoms with van der Waals surface area (Å²) in [4.78, 5) is 23.7. The Morgan fingerprint density at radius 2 is 1.67 bits per heavy atom. The Kier molecular flexibility index (Phi) is 11.0. The molecular formula is C26H32N4O5S. The molecular weight excluding hydrogens is 480 g/mol. The average Bonchev–Trinajstić information content (AvgIpc) is 2.88. The fourth-order valence-corrected chi connectivity index (χ4v) is 3.78. The van der Waals surface area contributed by atoms with Gasteiger partial charge in [0, 0.05) is 30.3 Å². The Balaban J connectivity index is 1.62. The van der Waals surface area contributed by atoms with Crippen LogP contribution in [0, 0.1) is 0 Å². The minimum absolute atomic E-state index is 0.137. The Hall–Kier alpha value is -3.18. The molecule has 0 fully saturated rings. The highest BCUT2D eigenvalue weighted by Crippen LogP contribution is 2.30. The van der Waals surface area contributed by atoms with Crippen LogP contribution in [0.2, 0.25) is 0 Å². The van der Waals surface area contributed by atoms with Crippen LogP contribution in [0.3, 0.4) is 0 Å². The lowest BCUT2D eigenvalue weighted by Gasteiger charge is -2.28. The first-order valence-corrected chi connectivity index (χ1v) is 12.8. The topological polar surface area (TPSA) is 114 Å². The third kappa shape index (κ3) is 8.49. The second-order valence-corrected chi connectivity index (χ2v) is 8.95. The molecule has 1 heterocycles. The second kappa shape index (κ2) is 14.4. The van der Waals surface area contributed by atoms with E-state index in [1.165, 1.54) is 0 Å². The molecule has 0 spiro atoms. The van der Waals surface area contributed by atoms with Crippen molar-refractivity contribution in [1.29, 1.82) is 0 Å². The van der Waals surface area contributed by atoms with E-state index in [0.717, 1.165) is 47.7 Å². The molecule has 2 N–H and O–H groups in total.